The minimum atomic E-state index is -0.970. The zero-order chi connectivity index (χ0) is 29.6. The van der Waals surface area contributed by atoms with Gasteiger partial charge in [0.2, 0.25) is 5.91 Å². The lowest BCUT2D eigenvalue weighted by Crippen LogP contribution is -2.65. The fourth-order valence-corrected chi connectivity index (χ4v) is 6.35. The average molecular weight is 565 g/mol. The lowest BCUT2D eigenvalue weighted by molar-refractivity contribution is -0.137. The van der Waals surface area contributed by atoms with E-state index in [9.17, 15) is 9.59 Å². The van der Waals surface area contributed by atoms with Crippen LogP contribution in [0.3, 0.4) is 0 Å². The maximum atomic E-state index is 13.8. The van der Waals surface area contributed by atoms with Crippen LogP contribution in [0.15, 0.2) is 42.5 Å². The van der Waals surface area contributed by atoms with Crippen molar-refractivity contribution in [2.75, 3.05) is 27.4 Å². The standard InChI is InChI=1S/C31H40N4O6/c1-7-31(8-2)16-24(36)35(28(32)34-31)26-21-15-19(13-14-23(21)41-30(26,4)17-38-5)27(37)33-25-20-11-9-10-12-22(20)40-18-29(25,3)39-6/h9-15,25-26H,7-8,16-18H2,1-6H3,(H2,32,34)(H,33,37)/t25-,26+,29+,30+/m1/s1. The van der Waals surface area contributed by atoms with Gasteiger partial charge in [0.15, 0.2) is 11.6 Å². The Morgan fingerprint density at radius 3 is 2.51 bits per heavy atom. The third-order valence-electron chi connectivity index (χ3n) is 9.01. The second-order valence-electron chi connectivity index (χ2n) is 11.7. The number of hydrogen-bond donors (Lipinski definition) is 3. The molecule has 220 valence electrons. The molecule has 2 amide bonds. The van der Waals surface area contributed by atoms with Crippen molar-refractivity contribution in [2.24, 2.45) is 0 Å². The third kappa shape index (κ3) is 4.82. The molecule has 0 radical (unpaired) electrons. The van der Waals surface area contributed by atoms with E-state index in [0.717, 1.165) is 18.4 Å². The van der Waals surface area contributed by atoms with Gasteiger partial charge in [-0.3, -0.25) is 19.9 Å². The molecule has 10 nitrogen and oxygen atoms in total. The fraction of sp³-hybridized carbons (Fsp3) is 0.516. The van der Waals surface area contributed by atoms with Crippen molar-refractivity contribution in [1.82, 2.24) is 15.5 Å². The molecule has 3 N–H and O–H groups in total. The van der Waals surface area contributed by atoms with E-state index in [1.807, 2.05) is 52.0 Å². The second kappa shape index (κ2) is 10.6. The number of fused-ring (bicyclic) bond motifs is 2. The Balaban J connectivity index is 1.50. The Morgan fingerprint density at radius 1 is 1.12 bits per heavy atom. The van der Waals surface area contributed by atoms with E-state index in [-0.39, 0.29) is 37.4 Å². The molecule has 1 saturated heterocycles. The lowest BCUT2D eigenvalue weighted by atomic mass is 9.84. The summed E-state index contributed by atoms with van der Waals surface area (Å²) in [6, 6.07) is 11.7. The molecule has 1 fully saturated rings. The Morgan fingerprint density at radius 2 is 1.85 bits per heavy atom. The summed E-state index contributed by atoms with van der Waals surface area (Å²) in [6.07, 6.45) is 1.70. The van der Waals surface area contributed by atoms with E-state index in [4.69, 9.17) is 24.4 Å². The number of guanidine groups is 1. The first kappa shape index (κ1) is 28.9. The molecule has 0 bridgehead atoms. The number of nitrogens with zero attached hydrogens (tertiary/aromatic N) is 1. The minimum Gasteiger partial charge on any atom is -0.490 e. The topological polar surface area (TPSA) is 122 Å². The van der Waals surface area contributed by atoms with Gasteiger partial charge in [0.05, 0.1) is 19.1 Å². The highest BCUT2D eigenvalue weighted by Crippen LogP contribution is 2.49. The molecule has 4 atom stereocenters. The van der Waals surface area contributed by atoms with Gasteiger partial charge in [-0.05, 0) is 51.0 Å². The average Bonchev–Trinajstić information content (AvgIpc) is 3.24. The predicted molar refractivity (Wildman–Crippen MR) is 153 cm³/mol. The monoisotopic (exact) mass is 564 g/mol. The van der Waals surface area contributed by atoms with Gasteiger partial charge < -0.3 is 29.6 Å². The zero-order valence-corrected chi connectivity index (χ0v) is 24.6. The highest BCUT2D eigenvalue weighted by atomic mass is 16.5. The van der Waals surface area contributed by atoms with Gasteiger partial charge in [0.25, 0.3) is 5.91 Å². The van der Waals surface area contributed by atoms with Crippen LogP contribution in [-0.4, -0.2) is 66.8 Å². The number of benzene rings is 2. The second-order valence-corrected chi connectivity index (χ2v) is 11.7. The summed E-state index contributed by atoms with van der Waals surface area (Å²) >= 11 is 0. The minimum absolute atomic E-state index is 0.0262. The Labute approximate surface area is 241 Å². The van der Waals surface area contributed by atoms with E-state index in [0.29, 0.717) is 22.6 Å². The molecule has 0 saturated carbocycles. The van der Waals surface area contributed by atoms with Crippen LogP contribution in [0.25, 0.3) is 0 Å². The highest BCUT2D eigenvalue weighted by molar-refractivity contribution is 6.00. The van der Waals surface area contributed by atoms with Gasteiger partial charge in [-0.15, -0.1) is 0 Å². The first-order valence-electron chi connectivity index (χ1n) is 14.1. The van der Waals surface area contributed by atoms with Gasteiger partial charge in [-0.1, -0.05) is 32.0 Å². The molecule has 3 aliphatic heterocycles. The molecule has 0 aliphatic carbocycles. The number of nitrogens with one attached hydrogen (secondary N) is 3. The van der Waals surface area contributed by atoms with Crippen LogP contribution in [0.1, 0.15) is 80.5 Å². The summed E-state index contributed by atoms with van der Waals surface area (Å²) in [5.74, 6) is 0.817. The molecular weight excluding hydrogens is 524 g/mol. The maximum Gasteiger partial charge on any atom is 0.251 e. The number of amides is 2. The van der Waals surface area contributed by atoms with Crippen molar-refractivity contribution in [1.29, 1.82) is 5.41 Å². The summed E-state index contributed by atoms with van der Waals surface area (Å²) in [7, 11) is 3.18. The number of hydrogen-bond acceptors (Lipinski definition) is 7. The van der Waals surface area contributed by atoms with E-state index >= 15 is 0 Å². The van der Waals surface area contributed by atoms with Crippen molar-refractivity contribution in [3.8, 4) is 11.5 Å². The quantitative estimate of drug-likeness (QED) is 0.441. The largest absolute Gasteiger partial charge is 0.490 e. The number of rotatable bonds is 8. The maximum absolute atomic E-state index is 13.8. The molecule has 3 heterocycles. The first-order chi connectivity index (χ1) is 19.5. The van der Waals surface area contributed by atoms with E-state index in [1.165, 1.54) is 4.90 Å². The van der Waals surface area contributed by atoms with Crippen LogP contribution in [0.5, 0.6) is 11.5 Å². The summed E-state index contributed by atoms with van der Waals surface area (Å²) in [6.45, 7) is 8.28. The van der Waals surface area contributed by atoms with E-state index < -0.39 is 28.8 Å². The zero-order valence-electron chi connectivity index (χ0n) is 24.6. The van der Waals surface area contributed by atoms with Crippen molar-refractivity contribution in [3.63, 3.8) is 0 Å². The normalized spacial score (nSPS) is 28.2. The fourth-order valence-electron chi connectivity index (χ4n) is 6.35. The van der Waals surface area contributed by atoms with Crippen LogP contribution in [0, 0.1) is 5.41 Å². The molecule has 0 unspecified atom stereocenters. The van der Waals surface area contributed by atoms with Crippen LogP contribution in [0.2, 0.25) is 0 Å². The molecule has 5 rings (SSSR count). The smallest absolute Gasteiger partial charge is 0.251 e. The van der Waals surface area contributed by atoms with E-state index in [2.05, 4.69) is 10.6 Å². The van der Waals surface area contributed by atoms with Gasteiger partial charge in [-0.25, -0.2) is 0 Å². The number of carbonyl (C=O) groups is 2. The summed E-state index contributed by atoms with van der Waals surface area (Å²) in [5, 5.41) is 15.4. The summed E-state index contributed by atoms with van der Waals surface area (Å²) < 4.78 is 23.6. The van der Waals surface area contributed by atoms with Gasteiger partial charge in [-0.2, -0.15) is 0 Å². The number of methoxy groups -OCH3 is 2. The molecule has 2 aromatic rings. The molecule has 0 spiro atoms. The molecule has 41 heavy (non-hydrogen) atoms. The third-order valence-corrected chi connectivity index (χ3v) is 9.01. The molecule has 3 aliphatic rings. The molecule has 10 heteroatoms. The van der Waals surface area contributed by atoms with Crippen molar-refractivity contribution in [2.45, 2.75) is 75.8 Å². The Kier molecular flexibility index (Phi) is 7.50. The van der Waals surface area contributed by atoms with Crippen molar-refractivity contribution in [3.05, 3.63) is 59.2 Å². The van der Waals surface area contributed by atoms with Crippen LogP contribution in [0.4, 0.5) is 0 Å². The summed E-state index contributed by atoms with van der Waals surface area (Å²) in [4.78, 5) is 28.9. The number of ether oxygens (including phenoxy) is 4. The van der Waals surface area contributed by atoms with Gasteiger partial charge >= 0.3 is 0 Å². The van der Waals surface area contributed by atoms with E-state index in [1.54, 1.807) is 32.4 Å². The van der Waals surface area contributed by atoms with Crippen LogP contribution >= 0.6 is 0 Å². The first-order valence-corrected chi connectivity index (χ1v) is 14.1. The Hall–Kier alpha value is -3.63. The molecular formula is C31H40N4O6. The van der Waals surface area contributed by atoms with Crippen LogP contribution in [-0.2, 0) is 14.3 Å². The van der Waals surface area contributed by atoms with Crippen molar-refractivity contribution >= 4 is 17.8 Å². The highest BCUT2D eigenvalue weighted by Gasteiger charge is 2.54. The number of para-hydroxylation sites is 1. The molecule has 0 aromatic heterocycles. The predicted octanol–water partition coefficient (Wildman–Crippen LogP) is 4.11. The SMILES string of the molecule is CCC1(CC)CC(=O)N([C@H]2c3cc(C(=O)N[C@@H]4c5ccccc5OC[C@]4(C)OC)ccc3O[C@@]2(C)COC)C(=N)N1. The van der Waals surface area contributed by atoms with Crippen LogP contribution < -0.4 is 20.1 Å². The summed E-state index contributed by atoms with van der Waals surface area (Å²) in [5.41, 5.74) is -0.320. The van der Waals surface area contributed by atoms with Gasteiger partial charge in [0.1, 0.15) is 29.7 Å². The van der Waals surface area contributed by atoms with Crippen molar-refractivity contribution < 1.29 is 28.5 Å². The number of carbonyl (C=O) groups excluding carboxylic acids is 2. The lowest BCUT2D eigenvalue weighted by Gasteiger charge is -2.46. The molecule has 2 aromatic carbocycles. The Bertz CT molecular complexity index is 1340. The van der Waals surface area contributed by atoms with Gasteiger partial charge in [0, 0.05) is 36.4 Å².